The molecule has 1 atom stereocenters. The summed E-state index contributed by atoms with van der Waals surface area (Å²) in [6.45, 7) is 3.85. The van der Waals surface area contributed by atoms with E-state index in [0.29, 0.717) is 31.2 Å². The van der Waals surface area contributed by atoms with Crippen molar-refractivity contribution in [1.82, 2.24) is 9.62 Å². The molecule has 0 saturated carbocycles. The van der Waals surface area contributed by atoms with Gasteiger partial charge in [-0.05, 0) is 37.3 Å². The average molecular weight is 480 g/mol. The minimum Gasteiger partial charge on any atom is -0.452 e. The molecule has 0 bridgehead atoms. The Kier molecular flexibility index (Phi) is 8.11. The van der Waals surface area contributed by atoms with Crippen LogP contribution in [0.2, 0.25) is 5.02 Å². The minimum absolute atomic E-state index is 0.0107. The number of halogens is 1. The summed E-state index contributed by atoms with van der Waals surface area (Å²) in [6, 6.07) is 15.8. The first kappa shape index (κ1) is 24.0. The maximum atomic E-state index is 12.6. The van der Waals surface area contributed by atoms with Gasteiger partial charge in [-0.15, -0.1) is 0 Å². The molecule has 0 aromatic heterocycles. The summed E-state index contributed by atoms with van der Waals surface area (Å²) in [5.74, 6) is -0.909. The van der Waals surface area contributed by atoms with Crippen molar-refractivity contribution >= 4 is 39.2 Å². The number of hydrogen-bond donors (Lipinski definition) is 1. The zero-order chi connectivity index (χ0) is 23.1. The smallest absolute Gasteiger partial charge is 0.307 e. The van der Waals surface area contributed by atoms with Crippen molar-refractivity contribution in [3.8, 4) is 0 Å². The maximum absolute atomic E-state index is 12.6. The van der Waals surface area contributed by atoms with Crippen LogP contribution in [0.5, 0.6) is 0 Å². The van der Waals surface area contributed by atoms with Crippen LogP contribution < -0.4 is 9.62 Å². The SMILES string of the molecule is CC(OC(=O)CCNS(=O)(=O)c1cccc(Cl)c1)C(=O)N1CCN(c2ccccc2)CC1. The van der Waals surface area contributed by atoms with E-state index in [-0.39, 0.29) is 23.8 Å². The molecular weight excluding hydrogens is 454 g/mol. The largest absolute Gasteiger partial charge is 0.452 e. The van der Waals surface area contributed by atoms with E-state index in [1.165, 1.54) is 25.1 Å². The number of ether oxygens (including phenoxy) is 1. The molecule has 0 aliphatic carbocycles. The Morgan fingerprint density at radius 1 is 1.06 bits per heavy atom. The maximum Gasteiger partial charge on any atom is 0.307 e. The number of rotatable bonds is 8. The van der Waals surface area contributed by atoms with Gasteiger partial charge in [0.15, 0.2) is 6.10 Å². The summed E-state index contributed by atoms with van der Waals surface area (Å²) in [4.78, 5) is 28.6. The van der Waals surface area contributed by atoms with Gasteiger partial charge in [-0.3, -0.25) is 9.59 Å². The number of carbonyl (C=O) groups is 2. The van der Waals surface area contributed by atoms with Crippen molar-refractivity contribution in [3.63, 3.8) is 0 Å². The van der Waals surface area contributed by atoms with Crippen LogP contribution in [0.15, 0.2) is 59.5 Å². The lowest BCUT2D eigenvalue weighted by Gasteiger charge is -2.37. The molecule has 2 aromatic carbocycles. The predicted octanol–water partition coefficient (Wildman–Crippen LogP) is 2.29. The first-order chi connectivity index (χ1) is 15.3. The standard InChI is InChI=1S/C22H26ClN3O5S/c1-17(22(28)26-14-12-25(13-15-26)19-7-3-2-4-8-19)31-21(27)10-11-24-32(29,30)20-9-5-6-18(23)16-20/h2-9,16-17,24H,10-15H2,1H3. The second-order valence-electron chi connectivity index (χ2n) is 7.39. The summed E-state index contributed by atoms with van der Waals surface area (Å²) in [5.41, 5.74) is 1.11. The normalized spacial score (nSPS) is 15.3. The highest BCUT2D eigenvalue weighted by atomic mass is 35.5. The molecule has 172 valence electrons. The molecule has 1 aliphatic heterocycles. The highest BCUT2D eigenvalue weighted by Crippen LogP contribution is 2.17. The first-order valence-electron chi connectivity index (χ1n) is 10.3. The topological polar surface area (TPSA) is 96.0 Å². The Bertz CT molecular complexity index is 1040. The molecule has 1 fully saturated rings. The van der Waals surface area contributed by atoms with Gasteiger partial charge in [0, 0.05) is 43.4 Å². The van der Waals surface area contributed by atoms with Crippen molar-refractivity contribution < 1.29 is 22.7 Å². The number of esters is 1. The van der Waals surface area contributed by atoms with Gasteiger partial charge in [-0.1, -0.05) is 35.9 Å². The van der Waals surface area contributed by atoms with E-state index in [0.717, 1.165) is 5.69 Å². The fourth-order valence-electron chi connectivity index (χ4n) is 3.39. The number of sulfonamides is 1. The molecule has 1 amide bonds. The van der Waals surface area contributed by atoms with Crippen molar-refractivity contribution in [3.05, 3.63) is 59.6 Å². The highest BCUT2D eigenvalue weighted by molar-refractivity contribution is 7.89. The third kappa shape index (κ3) is 6.44. The molecule has 1 N–H and O–H groups in total. The number of nitrogens with one attached hydrogen (secondary N) is 1. The van der Waals surface area contributed by atoms with E-state index >= 15 is 0 Å². The highest BCUT2D eigenvalue weighted by Gasteiger charge is 2.27. The molecule has 1 saturated heterocycles. The van der Waals surface area contributed by atoms with E-state index in [1.54, 1.807) is 11.0 Å². The molecule has 0 radical (unpaired) electrons. The molecule has 10 heteroatoms. The Morgan fingerprint density at radius 2 is 1.75 bits per heavy atom. The summed E-state index contributed by atoms with van der Waals surface area (Å²) in [5, 5.41) is 0.296. The average Bonchev–Trinajstić information content (AvgIpc) is 2.79. The van der Waals surface area contributed by atoms with Crippen molar-refractivity contribution in [2.24, 2.45) is 0 Å². The summed E-state index contributed by atoms with van der Waals surface area (Å²) < 4.78 is 32.0. The van der Waals surface area contributed by atoms with Crippen molar-refractivity contribution in [1.29, 1.82) is 0 Å². The molecule has 1 aliphatic rings. The third-order valence-electron chi connectivity index (χ3n) is 5.10. The Labute approximate surface area is 193 Å². The zero-order valence-corrected chi connectivity index (χ0v) is 19.3. The number of hydrogen-bond acceptors (Lipinski definition) is 6. The molecular formula is C22H26ClN3O5S. The number of nitrogens with zero attached hydrogens (tertiary/aromatic N) is 2. The van der Waals surface area contributed by atoms with E-state index < -0.39 is 22.1 Å². The lowest BCUT2D eigenvalue weighted by molar-refractivity contribution is -0.159. The number of anilines is 1. The van der Waals surface area contributed by atoms with Crippen LogP contribution in [0.1, 0.15) is 13.3 Å². The second kappa shape index (κ2) is 10.8. The number of carbonyl (C=O) groups excluding carboxylic acids is 2. The van der Waals surface area contributed by atoms with Gasteiger partial charge < -0.3 is 14.5 Å². The second-order valence-corrected chi connectivity index (χ2v) is 9.59. The number of para-hydroxylation sites is 1. The predicted molar refractivity (Wildman–Crippen MR) is 122 cm³/mol. The van der Waals surface area contributed by atoms with Crippen LogP contribution in [0.25, 0.3) is 0 Å². The lowest BCUT2D eigenvalue weighted by Crippen LogP contribution is -2.51. The quantitative estimate of drug-likeness (QED) is 0.583. The van der Waals surface area contributed by atoms with Gasteiger partial charge in [-0.25, -0.2) is 13.1 Å². The summed E-state index contributed by atoms with van der Waals surface area (Å²) in [7, 11) is -3.79. The van der Waals surface area contributed by atoms with Crippen LogP contribution >= 0.6 is 11.6 Å². The van der Waals surface area contributed by atoms with Crippen LogP contribution in [0, 0.1) is 0 Å². The molecule has 1 unspecified atom stereocenters. The van der Waals surface area contributed by atoms with Crippen molar-refractivity contribution in [2.45, 2.75) is 24.3 Å². The molecule has 32 heavy (non-hydrogen) atoms. The monoisotopic (exact) mass is 479 g/mol. The van der Waals surface area contributed by atoms with Crippen LogP contribution in [-0.4, -0.2) is 64.0 Å². The van der Waals surface area contributed by atoms with Gasteiger partial charge in [0.05, 0.1) is 11.3 Å². The van der Waals surface area contributed by atoms with Crippen LogP contribution in [-0.2, 0) is 24.3 Å². The Morgan fingerprint density at radius 3 is 2.41 bits per heavy atom. The molecule has 1 heterocycles. The number of benzene rings is 2. The van der Waals surface area contributed by atoms with E-state index in [2.05, 4.69) is 9.62 Å². The zero-order valence-electron chi connectivity index (χ0n) is 17.7. The summed E-state index contributed by atoms with van der Waals surface area (Å²) in [6.07, 6.45) is -1.13. The van der Waals surface area contributed by atoms with Crippen LogP contribution in [0.3, 0.4) is 0 Å². The fraction of sp³-hybridized carbons (Fsp3) is 0.364. The van der Waals surface area contributed by atoms with Gasteiger partial charge in [-0.2, -0.15) is 0 Å². The van der Waals surface area contributed by atoms with Gasteiger partial charge in [0.25, 0.3) is 5.91 Å². The van der Waals surface area contributed by atoms with Gasteiger partial charge in [0.1, 0.15) is 0 Å². The Balaban J connectivity index is 1.42. The van der Waals surface area contributed by atoms with E-state index in [1.807, 2.05) is 30.3 Å². The minimum atomic E-state index is -3.79. The Hall–Kier alpha value is -2.62. The molecule has 8 nitrogen and oxygen atoms in total. The van der Waals surface area contributed by atoms with Crippen LogP contribution in [0.4, 0.5) is 5.69 Å². The fourth-order valence-corrected chi connectivity index (χ4v) is 4.72. The van der Waals surface area contributed by atoms with Gasteiger partial charge >= 0.3 is 5.97 Å². The lowest BCUT2D eigenvalue weighted by atomic mass is 10.2. The number of piperazine rings is 1. The molecule has 2 aromatic rings. The van der Waals surface area contributed by atoms with Crippen molar-refractivity contribution in [2.75, 3.05) is 37.6 Å². The molecule has 0 spiro atoms. The summed E-state index contributed by atoms with van der Waals surface area (Å²) >= 11 is 5.82. The third-order valence-corrected chi connectivity index (χ3v) is 6.79. The van der Waals surface area contributed by atoms with Gasteiger partial charge in [0.2, 0.25) is 10.0 Å². The van der Waals surface area contributed by atoms with E-state index in [4.69, 9.17) is 16.3 Å². The number of amides is 1. The molecule has 3 rings (SSSR count). The van der Waals surface area contributed by atoms with E-state index in [9.17, 15) is 18.0 Å². The first-order valence-corrected chi connectivity index (χ1v) is 12.2.